The van der Waals surface area contributed by atoms with Gasteiger partial charge in [0.15, 0.2) is 0 Å². The highest BCUT2D eigenvalue weighted by Gasteiger charge is 2.23. The van der Waals surface area contributed by atoms with Gasteiger partial charge in [0.05, 0.1) is 22.8 Å². The zero-order valence-electron chi connectivity index (χ0n) is 22.4. The molecule has 38 heavy (non-hydrogen) atoms. The predicted octanol–water partition coefficient (Wildman–Crippen LogP) is 4.95. The normalized spacial score (nSPS) is 15.6. The Hall–Kier alpha value is -3.40. The van der Waals surface area contributed by atoms with Gasteiger partial charge in [0.2, 0.25) is 10.0 Å². The molecule has 2 heterocycles. The van der Waals surface area contributed by atoms with Gasteiger partial charge in [-0.3, -0.25) is 4.57 Å². The van der Waals surface area contributed by atoms with E-state index in [0.717, 1.165) is 53.9 Å². The van der Waals surface area contributed by atoms with Gasteiger partial charge < -0.3 is 14.5 Å². The summed E-state index contributed by atoms with van der Waals surface area (Å²) in [6, 6.07) is 19.2. The second-order valence-electron chi connectivity index (χ2n) is 9.96. The van der Waals surface area contributed by atoms with Crippen LogP contribution in [-0.2, 0) is 16.6 Å². The number of anilines is 1. The van der Waals surface area contributed by atoms with Gasteiger partial charge >= 0.3 is 6.01 Å². The number of aromatic nitrogens is 2. The molecule has 3 aromatic carbocycles. The number of aryl methyl sites for hydroxylation is 1. The summed E-state index contributed by atoms with van der Waals surface area (Å²) in [5.74, 6) is 0.702. The first-order valence-corrected chi connectivity index (χ1v) is 14.5. The second-order valence-corrected chi connectivity index (χ2v) is 11.7. The molecule has 4 aromatic rings. The quantitative estimate of drug-likeness (QED) is 0.345. The molecule has 200 valence electrons. The van der Waals surface area contributed by atoms with E-state index < -0.39 is 16.1 Å². The average Bonchev–Trinajstić information content (AvgIpc) is 3.31. The number of likely N-dealkylation sites (N-methyl/N-ethyl adjacent to an activating group) is 1. The number of fused-ring (bicyclic) bond motifs is 1. The third-order valence-corrected chi connectivity index (χ3v) is 8.65. The van der Waals surface area contributed by atoms with Crippen molar-refractivity contribution in [1.82, 2.24) is 19.2 Å². The Labute approximate surface area is 224 Å². The molecule has 5 rings (SSSR count). The molecule has 0 aliphatic carbocycles. The van der Waals surface area contributed by atoms with Crippen LogP contribution >= 0.6 is 0 Å². The Morgan fingerprint density at radius 3 is 2.50 bits per heavy atom. The number of hydrogen-bond acceptors (Lipinski definition) is 6. The number of benzene rings is 3. The molecule has 0 bridgehead atoms. The highest BCUT2D eigenvalue weighted by molar-refractivity contribution is 7.89. The van der Waals surface area contributed by atoms with Crippen molar-refractivity contribution in [3.05, 3.63) is 78.1 Å². The lowest BCUT2D eigenvalue weighted by Crippen LogP contribution is -2.44. The van der Waals surface area contributed by atoms with Gasteiger partial charge in [-0.15, -0.1) is 0 Å². The van der Waals surface area contributed by atoms with E-state index in [1.54, 1.807) is 18.3 Å². The van der Waals surface area contributed by atoms with Gasteiger partial charge in [-0.05, 0) is 62.9 Å². The van der Waals surface area contributed by atoms with Crippen LogP contribution in [0.2, 0.25) is 0 Å². The topological polar surface area (TPSA) is 79.7 Å². The van der Waals surface area contributed by atoms with E-state index in [2.05, 4.69) is 32.6 Å². The Balaban J connectivity index is 1.33. The van der Waals surface area contributed by atoms with Crippen molar-refractivity contribution < 1.29 is 13.2 Å². The number of hydrogen-bond donors (Lipinski definition) is 1. The Morgan fingerprint density at radius 1 is 1.00 bits per heavy atom. The monoisotopic (exact) mass is 533 g/mol. The first kappa shape index (κ1) is 26.2. The third-order valence-electron chi connectivity index (χ3n) is 7.11. The fourth-order valence-electron chi connectivity index (χ4n) is 4.90. The van der Waals surface area contributed by atoms with E-state index in [9.17, 15) is 8.42 Å². The van der Waals surface area contributed by atoms with Crippen LogP contribution in [0.4, 0.5) is 5.69 Å². The van der Waals surface area contributed by atoms with Crippen LogP contribution in [0, 0.1) is 6.92 Å². The zero-order valence-corrected chi connectivity index (χ0v) is 23.2. The van der Waals surface area contributed by atoms with Crippen molar-refractivity contribution in [1.29, 1.82) is 0 Å². The first-order chi connectivity index (χ1) is 18.2. The summed E-state index contributed by atoms with van der Waals surface area (Å²) in [7, 11) is -1.61. The van der Waals surface area contributed by atoms with Crippen LogP contribution < -0.4 is 14.4 Å². The third kappa shape index (κ3) is 5.55. The lowest BCUT2D eigenvalue weighted by molar-refractivity contribution is 0.312. The maximum atomic E-state index is 13.3. The summed E-state index contributed by atoms with van der Waals surface area (Å²) in [5.41, 5.74) is 2.99. The maximum Gasteiger partial charge on any atom is 0.302 e. The van der Waals surface area contributed by atoms with Crippen molar-refractivity contribution in [2.45, 2.75) is 38.3 Å². The zero-order chi connectivity index (χ0) is 26.9. The van der Waals surface area contributed by atoms with Crippen LogP contribution in [0.1, 0.15) is 31.1 Å². The Bertz CT molecular complexity index is 1540. The van der Waals surface area contributed by atoms with Crippen LogP contribution in [0.5, 0.6) is 11.8 Å². The molecule has 1 fully saturated rings. The minimum Gasteiger partial charge on any atom is -0.425 e. The molecule has 0 radical (unpaired) electrons. The standard InChI is InChI=1S/C29H35N5O3S/c1-5-34-28(22(3)31-38(35,36)27-12-11-23-17-21(2)9-10-24(23)18-27)20-30-29(34)37-26-8-6-7-25(19-26)33-15-13-32(4)14-16-33/h6-12,17-20,22,31H,5,13-16H2,1-4H3. The van der Waals surface area contributed by atoms with Crippen molar-refractivity contribution in [2.24, 2.45) is 0 Å². The SMILES string of the molecule is CCn1c(C(C)NS(=O)(=O)c2ccc3cc(C)ccc3c2)cnc1Oc1cccc(N2CCN(C)CC2)c1. The molecule has 1 saturated heterocycles. The smallest absolute Gasteiger partial charge is 0.302 e. The number of nitrogens with zero attached hydrogens (tertiary/aromatic N) is 4. The number of piperazine rings is 1. The van der Waals surface area contributed by atoms with E-state index in [0.29, 0.717) is 18.3 Å². The summed E-state index contributed by atoms with van der Waals surface area (Å²) in [6.45, 7) is 10.4. The van der Waals surface area contributed by atoms with Crippen molar-refractivity contribution in [2.75, 3.05) is 38.1 Å². The molecular weight excluding hydrogens is 498 g/mol. The van der Waals surface area contributed by atoms with Crippen LogP contribution in [0.3, 0.4) is 0 Å². The molecule has 1 aliphatic rings. The van der Waals surface area contributed by atoms with Gasteiger partial charge in [0.25, 0.3) is 0 Å². The molecule has 1 N–H and O–H groups in total. The summed E-state index contributed by atoms with van der Waals surface area (Å²) in [4.78, 5) is 9.41. The molecule has 0 amide bonds. The number of rotatable bonds is 8. The number of imidazole rings is 1. The second kappa shape index (κ2) is 10.8. The van der Waals surface area contributed by atoms with Gasteiger partial charge in [-0.1, -0.05) is 35.9 Å². The van der Waals surface area contributed by atoms with E-state index in [4.69, 9.17) is 4.74 Å². The molecule has 1 atom stereocenters. The highest BCUT2D eigenvalue weighted by atomic mass is 32.2. The van der Waals surface area contributed by atoms with Gasteiger partial charge in [-0.2, -0.15) is 0 Å². The number of ether oxygens (including phenoxy) is 1. The first-order valence-electron chi connectivity index (χ1n) is 13.0. The van der Waals surface area contributed by atoms with Crippen LogP contribution in [0.15, 0.2) is 71.8 Å². The van der Waals surface area contributed by atoms with Gasteiger partial charge in [0.1, 0.15) is 5.75 Å². The van der Waals surface area contributed by atoms with Crippen LogP contribution in [-0.4, -0.2) is 56.1 Å². The minimum absolute atomic E-state index is 0.237. The molecule has 1 aliphatic heterocycles. The fraction of sp³-hybridized carbons (Fsp3) is 0.345. The predicted molar refractivity (Wildman–Crippen MR) is 152 cm³/mol. The van der Waals surface area contributed by atoms with E-state index in [1.807, 2.05) is 67.8 Å². The van der Waals surface area contributed by atoms with Crippen molar-refractivity contribution in [3.63, 3.8) is 0 Å². The lowest BCUT2D eigenvalue weighted by Gasteiger charge is -2.34. The van der Waals surface area contributed by atoms with Crippen molar-refractivity contribution >= 4 is 26.5 Å². The molecule has 1 unspecified atom stereocenters. The van der Waals surface area contributed by atoms with E-state index >= 15 is 0 Å². The summed E-state index contributed by atoms with van der Waals surface area (Å²) in [6.07, 6.45) is 1.68. The summed E-state index contributed by atoms with van der Waals surface area (Å²) >= 11 is 0. The molecule has 0 spiro atoms. The molecule has 9 heteroatoms. The fourth-order valence-corrected chi connectivity index (χ4v) is 6.15. The number of sulfonamides is 1. The van der Waals surface area contributed by atoms with Gasteiger partial charge in [0, 0.05) is 44.5 Å². The highest BCUT2D eigenvalue weighted by Crippen LogP contribution is 2.29. The lowest BCUT2D eigenvalue weighted by atomic mass is 10.1. The Kier molecular flexibility index (Phi) is 7.43. The average molecular weight is 534 g/mol. The Morgan fingerprint density at radius 2 is 1.74 bits per heavy atom. The van der Waals surface area contributed by atoms with Gasteiger partial charge in [-0.25, -0.2) is 18.1 Å². The number of nitrogens with one attached hydrogen (secondary N) is 1. The summed E-state index contributed by atoms with van der Waals surface area (Å²) in [5, 5.41) is 1.90. The van der Waals surface area contributed by atoms with Crippen molar-refractivity contribution in [3.8, 4) is 11.8 Å². The van der Waals surface area contributed by atoms with E-state index in [1.165, 1.54) is 0 Å². The molecule has 8 nitrogen and oxygen atoms in total. The molecule has 0 saturated carbocycles. The minimum atomic E-state index is -3.75. The summed E-state index contributed by atoms with van der Waals surface area (Å²) < 4.78 is 37.4. The molecular formula is C29H35N5O3S. The molecule has 1 aromatic heterocycles. The maximum absolute atomic E-state index is 13.3. The van der Waals surface area contributed by atoms with Crippen LogP contribution in [0.25, 0.3) is 10.8 Å². The van der Waals surface area contributed by atoms with E-state index in [-0.39, 0.29) is 4.90 Å². The largest absolute Gasteiger partial charge is 0.425 e.